The normalized spacial score (nSPS) is 12.3. The van der Waals surface area contributed by atoms with Gasteiger partial charge in [0.05, 0.1) is 18.1 Å². The van der Waals surface area contributed by atoms with Crippen molar-refractivity contribution in [1.82, 2.24) is 15.3 Å². The highest BCUT2D eigenvalue weighted by Crippen LogP contribution is 2.01. The van der Waals surface area contributed by atoms with Gasteiger partial charge in [0.15, 0.2) is 0 Å². The van der Waals surface area contributed by atoms with Crippen molar-refractivity contribution >= 4 is 5.91 Å². The second-order valence-electron chi connectivity index (χ2n) is 4.58. The molecular weight excluding hydrogens is 228 g/mol. The van der Waals surface area contributed by atoms with E-state index in [-0.39, 0.29) is 5.91 Å². The Kier molecular flexibility index (Phi) is 7.10. The summed E-state index contributed by atoms with van der Waals surface area (Å²) in [6.45, 7) is 2.91. The van der Waals surface area contributed by atoms with Gasteiger partial charge in [0.1, 0.15) is 0 Å². The average molecular weight is 252 g/mol. The Morgan fingerprint density at radius 1 is 1.44 bits per heavy atom. The first-order valence-corrected chi connectivity index (χ1v) is 6.75. The molecule has 5 heteroatoms. The Morgan fingerprint density at radius 3 is 2.89 bits per heavy atom. The molecule has 1 aromatic heterocycles. The summed E-state index contributed by atoms with van der Waals surface area (Å²) in [4.78, 5) is 18.6. The Hall–Kier alpha value is -1.36. The molecule has 4 N–H and O–H groups in total. The minimum Gasteiger partial charge on any atom is -0.355 e. The summed E-state index contributed by atoms with van der Waals surface area (Å²) in [5, 5.41) is 2.87. The lowest BCUT2D eigenvalue weighted by atomic mass is 10.1. The number of aromatic nitrogens is 2. The van der Waals surface area contributed by atoms with Crippen LogP contribution in [0.2, 0.25) is 0 Å². The Bertz CT molecular complexity index is 324. The molecule has 0 bridgehead atoms. The first-order chi connectivity index (χ1) is 8.74. The molecular formula is C13H24N4O. The number of amides is 1. The molecule has 1 heterocycles. The van der Waals surface area contributed by atoms with E-state index >= 15 is 0 Å². The topological polar surface area (TPSA) is 83.8 Å². The number of hydrogen-bond donors (Lipinski definition) is 3. The van der Waals surface area contributed by atoms with Gasteiger partial charge in [0.2, 0.25) is 5.91 Å². The molecule has 0 aliphatic rings. The van der Waals surface area contributed by atoms with Crippen LogP contribution in [0.1, 0.15) is 44.7 Å². The summed E-state index contributed by atoms with van der Waals surface area (Å²) in [5.74, 6) is -0.0894. The van der Waals surface area contributed by atoms with Crippen molar-refractivity contribution in [3.05, 3.63) is 18.2 Å². The van der Waals surface area contributed by atoms with Gasteiger partial charge in [-0.05, 0) is 6.42 Å². The SMILES string of the molecule is CCCCCCCNC(=O)C(N)Cc1c[nH]cn1. The van der Waals surface area contributed by atoms with Crippen molar-refractivity contribution in [2.45, 2.75) is 51.5 Å². The number of unbranched alkanes of at least 4 members (excludes halogenated alkanes) is 4. The van der Waals surface area contributed by atoms with E-state index in [1.165, 1.54) is 25.7 Å². The van der Waals surface area contributed by atoms with Crippen LogP contribution in [0, 0.1) is 0 Å². The number of nitrogens with one attached hydrogen (secondary N) is 2. The molecule has 0 radical (unpaired) electrons. The minimum absolute atomic E-state index is 0.0894. The zero-order valence-corrected chi connectivity index (χ0v) is 11.1. The maximum absolute atomic E-state index is 11.7. The molecule has 0 saturated carbocycles. The molecule has 1 atom stereocenters. The van der Waals surface area contributed by atoms with E-state index in [0.29, 0.717) is 6.42 Å². The molecule has 1 unspecified atom stereocenters. The number of rotatable bonds is 9. The smallest absolute Gasteiger partial charge is 0.237 e. The number of aromatic amines is 1. The summed E-state index contributed by atoms with van der Waals surface area (Å²) < 4.78 is 0. The van der Waals surface area contributed by atoms with Crippen molar-refractivity contribution in [2.24, 2.45) is 5.73 Å². The Morgan fingerprint density at radius 2 is 2.22 bits per heavy atom. The van der Waals surface area contributed by atoms with Gasteiger partial charge in [-0.2, -0.15) is 0 Å². The molecule has 0 aliphatic carbocycles. The van der Waals surface area contributed by atoms with Gasteiger partial charge in [-0.1, -0.05) is 32.6 Å². The molecule has 102 valence electrons. The number of hydrogen-bond acceptors (Lipinski definition) is 3. The van der Waals surface area contributed by atoms with Crippen LogP contribution in [-0.2, 0) is 11.2 Å². The fourth-order valence-electron chi connectivity index (χ4n) is 1.79. The third-order valence-electron chi connectivity index (χ3n) is 2.90. The molecule has 0 saturated heterocycles. The van der Waals surface area contributed by atoms with Crippen molar-refractivity contribution < 1.29 is 4.79 Å². The van der Waals surface area contributed by atoms with E-state index in [4.69, 9.17) is 5.73 Å². The van der Waals surface area contributed by atoms with Crippen LogP contribution in [0.15, 0.2) is 12.5 Å². The quantitative estimate of drug-likeness (QED) is 0.580. The molecule has 0 fully saturated rings. The second-order valence-corrected chi connectivity index (χ2v) is 4.58. The first kappa shape index (κ1) is 14.7. The fourth-order valence-corrected chi connectivity index (χ4v) is 1.79. The van der Waals surface area contributed by atoms with Gasteiger partial charge in [0.25, 0.3) is 0 Å². The standard InChI is InChI=1S/C13H24N4O/c1-2-3-4-5-6-7-16-13(18)12(14)8-11-9-15-10-17-11/h9-10,12H,2-8,14H2,1H3,(H,15,17)(H,16,18). The molecule has 1 rings (SSSR count). The van der Waals surface area contributed by atoms with Gasteiger partial charge in [0, 0.05) is 19.2 Å². The lowest BCUT2D eigenvalue weighted by Gasteiger charge is -2.10. The molecule has 0 aliphatic heterocycles. The van der Waals surface area contributed by atoms with Crippen molar-refractivity contribution in [3.63, 3.8) is 0 Å². The summed E-state index contributed by atoms with van der Waals surface area (Å²) in [6.07, 6.45) is 9.78. The maximum Gasteiger partial charge on any atom is 0.237 e. The number of carbonyl (C=O) groups is 1. The highest BCUT2D eigenvalue weighted by Gasteiger charge is 2.14. The van der Waals surface area contributed by atoms with Crippen LogP contribution in [0.5, 0.6) is 0 Å². The lowest BCUT2D eigenvalue weighted by Crippen LogP contribution is -2.42. The Balaban J connectivity index is 2.08. The highest BCUT2D eigenvalue weighted by atomic mass is 16.2. The van der Waals surface area contributed by atoms with E-state index in [9.17, 15) is 4.79 Å². The molecule has 0 spiro atoms. The van der Waals surface area contributed by atoms with Crippen LogP contribution in [0.25, 0.3) is 0 Å². The summed E-state index contributed by atoms with van der Waals surface area (Å²) in [5.41, 5.74) is 6.62. The predicted molar refractivity (Wildman–Crippen MR) is 72.0 cm³/mol. The Labute approximate surface area is 109 Å². The highest BCUT2D eigenvalue weighted by molar-refractivity contribution is 5.81. The van der Waals surface area contributed by atoms with Crippen molar-refractivity contribution in [1.29, 1.82) is 0 Å². The van der Waals surface area contributed by atoms with E-state index in [0.717, 1.165) is 18.7 Å². The maximum atomic E-state index is 11.7. The third-order valence-corrected chi connectivity index (χ3v) is 2.90. The van der Waals surface area contributed by atoms with Crippen molar-refractivity contribution in [3.8, 4) is 0 Å². The number of imidazole rings is 1. The van der Waals surface area contributed by atoms with E-state index in [2.05, 4.69) is 22.2 Å². The van der Waals surface area contributed by atoms with Gasteiger partial charge in [-0.15, -0.1) is 0 Å². The lowest BCUT2D eigenvalue weighted by molar-refractivity contribution is -0.122. The first-order valence-electron chi connectivity index (χ1n) is 6.75. The van der Waals surface area contributed by atoms with Crippen LogP contribution in [0.4, 0.5) is 0 Å². The zero-order chi connectivity index (χ0) is 13.2. The van der Waals surface area contributed by atoms with E-state index < -0.39 is 6.04 Å². The fraction of sp³-hybridized carbons (Fsp3) is 0.692. The van der Waals surface area contributed by atoms with Crippen LogP contribution < -0.4 is 11.1 Å². The number of nitrogens with two attached hydrogens (primary N) is 1. The zero-order valence-electron chi connectivity index (χ0n) is 11.1. The molecule has 18 heavy (non-hydrogen) atoms. The van der Waals surface area contributed by atoms with E-state index in [1.54, 1.807) is 12.5 Å². The molecule has 1 amide bonds. The minimum atomic E-state index is -0.510. The third kappa shape index (κ3) is 5.82. The number of nitrogens with zero attached hydrogens (tertiary/aromatic N) is 1. The number of H-pyrrole nitrogens is 1. The predicted octanol–water partition coefficient (Wildman–Crippen LogP) is 1.37. The van der Waals surface area contributed by atoms with Gasteiger partial charge < -0.3 is 16.0 Å². The van der Waals surface area contributed by atoms with Gasteiger partial charge in [-0.25, -0.2) is 4.98 Å². The average Bonchev–Trinajstić information content (AvgIpc) is 2.86. The van der Waals surface area contributed by atoms with Gasteiger partial charge in [-0.3, -0.25) is 4.79 Å². The van der Waals surface area contributed by atoms with Crippen LogP contribution in [0.3, 0.4) is 0 Å². The van der Waals surface area contributed by atoms with E-state index in [1.807, 2.05) is 0 Å². The van der Waals surface area contributed by atoms with Gasteiger partial charge >= 0.3 is 0 Å². The van der Waals surface area contributed by atoms with Crippen molar-refractivity contribution in [2.75, 3.05) is 6.54 Å². The molecule has 0 aromatic carbocycles. The summed E-state index contributed by atoms with van der Waals surface area (Å²) >= 11 is 0. The van der Waals surface area contributed by atoms with Crippen LogP contribution in [-0.4, -0.2) is 28.5 Å². The largest absolute Gasteiger partial charge is 0.355 e. The summed E-state index contributed by atoms with van der Waals surface area (Å²) in [7, 11) is 0. The second kappa shape index (κ2) is 8.69. The number of carbonyl (C=O) groups excluding carboxylic acids is 1. The summed E-state index contributed by atoms with van der Waals surface area (Å²) in [6, 6.07) is -0.510. The molecule has 1 aromatic rings. The monoisotopic (exact) mass is 252 g/mol. The molecule has 5 nitrogen and oxygen atoms in total. The van der Waals surface area contributed by atoms with Crippen LogP contribution >= 0.6 is 0 Å².